The third kappa shape index (κ3) is 3.60. The lowest BCUT2D eigenvalue weighted by molar-refractivity contribution is -0.137. The van der Waals surface area contributed by atoms with E-state index in [9.17, 15) is 9.90 Å². The van der Waals surface area contributed by atoms with Crippen molar-refractivity contribution in [2.45, 2.75) is 44.6 Å². The quantitative estimate of drug-likeness (QED) is 0.896. The molecular formula is C17H25NO2. The van der Waals surface area contributed by atoms with Crippen molar-refractivity contribution >= 4 is 5.91 Å². The maximum Gasteiger partial charge on any atom is 0.225 e. The van der Waals surface area contributed by atoms with Crippen LogP contribution in [0.15, 0.2) is 30.3 Å². The Bertz CT molecular complexity index is 412. The van der Waals surface area contributed by atoms with Gasteiger partial charge in [0.1, 0.15) is 0 Å². The molecule has 20 heavy (non-hydrogen) atoms. The van der Waals surface area contributed by atoms with Gasteiger partial charge in [-0.1, -0.05) is 49.6 Å². The van der Waals surface area contributed by atoms with Crippen molar-refractivity contribution in [3.05, 3.63) is 35.9 Å². The molecule has 1 aromatic carbocycles. The summed E-state index contributed by atoms with van der Waals surface area (Å²) in [6, 6.07) is 9.99. The first-order valence-corrected chi connectivity index (χ1v) is 7.66. The van der Waals surface area contributed by atoms with Gasteiger partial charge in [0.25, 0.3) is 0 Å². The van der Waals surface area contributed by atoms with Gasteiger partial charge in [-0.3, -0.25) is 4.79 Å². The zero-order chi connectivity index (χ0) is 14.4. The molecule has 3 heteroatoms. The molecule has 2 rings (SSSR count). The molecule has 1 amide bonds. The lowest BCUT2D eigenvalue weighted by atomic mass is 9.87. The van der Waals surface area contributed by atoms with Crippen LogP contribution in [0.4, 0.5) is 0 Å². The third-order valence-electron chi connectivity index (χ3n) is 4.36. The van der Waals surface area contributed by atoms with Crippen molar-refractivity contribution in [2.24, 2.45) is 5.92 Å². The van der Waals surface area contributed by atoms with E-state index in [0.29, 0.717) is 6.42 Å². The maximum absolute atomic E-state index is 12.6. The number of carbonyl (C=O) groups excluding carboxylic acids is 1. The van der Waals surface area contributed by atoms with Crippen LogP contribution in [0, 0.1) is 5.92 Å². The van der Waals surface area contributed by atoms with Crippen LogP contribution in [0.1, 0.15) is 50.1 Å². The third-order valence-corrected chi connectivity index (χ3v) is 4.36. The van der Waals surface area contributed by atoms with E-state index in [2.05, 4.69) is 0 Å². The van der Waals surface area contributed by atoms with Gasteiger partial charge in [0, 0.05) is 19.6 Å². The van der Waals surface area contributed by atoms with Gasteiger partial charge in [-0.15, -0.1) is 0 Å². The van der Waals surface area contributed by atoms with Crippen LogP contribution in [0.5, 0.6) is 0 Å². The second-order valence-corrected chi connectivity index (χ2v) is 5.72. The average Bonchev–Trinajstić information content (AvgIpc) is 2.53. The number of benzene rings is 1. The van der Waals surface area contributed by atoms with Crippen LogP contribution in [-0.2, 0) is 4.79 Å². The van der Waals surface area contributed by atoms with Gasteiger partial charge in [0.2, 0.25) is 5.91 Å². The fourth-order valence-electron chi connectivity index (χ4n) is 3.17. The summed E-state index contributed by atoms with van der Waals surface area (Å²) in [5.41, 5.74) is 1.10. The fourth-order valence-corrected chi connectivity index (χ4v) is 3.17. The maximum atomic E-state index is 12.6. The molecule has 0 bridgehead atoms. The number of hydrogen-bond donors (Lipinski definition) is 1. The molecular weight excluding hydrogens is 250 g/mol. The Morgan fingerprint density at radius 3 is 2.50 bits per heavy atom. The molecule has 0 spiro atoms. The number of rotatable bonds is 5. The Balaban J connectivity index is 2.10. The minimum Gasteiger partial charge on any atom is -0.396 e. The van der Waals surface area contributed by atoms with Crippen molar-refractivity contribution in [3.63, 3.8) is 0 Å². The van der Waals surface area contributed by atoms with Gasteiger partial charge in [-0.25, -0.2) is 0 Å². The van der Waals surface area contributed by atoms with Gasteiger partial charge in [-0.2, -0.15) is 0 Å². The predicted octanol–water partition coefficient (Wildman–Crippen LogP) is 3.15. The highest BCUT2D eigenvalue weighted by molar-refractivity contribution is 5.79. The molecule has 0 radical (unpaired) electrons. The summed E-state index contributed by atoms with van der Waals surface area (Å²) in [6.45, 7) is 0.0991. The Morgan fingerprint density at radius 1 is 1.25 bits per heavy atom. The molecule has 1 fully saturated rings. The van der Waals surface area contributed by atoms with Gasteiger partial charge in [0.05, 0.1) is 6.04 Å². The molecule has 1 unspecified atom stereocenters. The zero-order valence-electron chi connectivity index (χ0n) is 12.3. The van der Waals surface area contributed by atoms with E-state index in [0.717, 1.165) is 18.4 Å². The molecule has 3 nitrogen and oxygen atoms in total. The van der Waals surface area contributed by atoms with E-state index < -0.39 is 0 Å². The zero-order valence-corrected chi connectivity index (χ0v) is 12.3. The second-order valence-electron chi connectivity index (χ2n) is 5.72. The summed E-state index contributed by atoms with van der Waals surface area (Å²) >= 11 is 0. The molecule has 0 heterocycles. The van der Waals surface area contributed by atoms with E-state index in [4.69, 9.17) is 0 Å². The largest absolute Gasteiger partial charge is 0.396 e. The Labute approximate surface area is 121 Å². The smallest absolute Gasteiger partial charge is 0.225 e. The number of nitrogens with zero attached hydrogens (tertiary/aromatic N) is 1. The lowest BCUT2D eigenvalue weighted by Gasteiger charge is -2.32. The highest BCUT2D eigenvalue weighted by Crippen LogP contribution is 2.29. The molecule has 0 aromatic heterocycles. The normalized spacial score (nSPS) is 17.7. The number of aliphatic hydroxyl groups is 1. The Morgan fingerprint density at radius 2 is 1.90 bits per heavy atom. The molecule has 0 saturated heterocycles. The first kappa shape index (κ1) is 15.0. The lowest BCUT2D eigenvalue weighted by Crippen LogP contribution is -2.37. The SMILES string of the molecule is CN(C(=O)C1CCCCC1)C(CCO)c1ccccc1. The molecule has 110 valence electrons. The number of aliphatic hydroxyl groups excluding tert-OH is 1. The fraction of sp³-hybridized carbons (Fsp3) is 0.588. The van der Waals surface area contributed by atoms with E-state index in [1.165, 1.54) is 19.3 Å². The topological polar surface area (TPSA) is 40.5 Å². The highest BCUT2D eigenvalue weighted by Gasteiger charge is 2.28. The Hall–Kier alpha value is -1.35. The Kier molecular flexibility index (Phi) is 5.60. The first-order valence-electron chi connectivity index (χ1n) is 7.66. The van der Waals surface area contributed by atoms with Crippen molar-refractivity contribution in [1.29, 1.82) is 0 Å². The van der Waals surface area contributed by atoms with Gasteiger partial charge in [-0.05, 0) is 24.8 Å². The first-order chi connectivity index (χ1) is 9.74. The van der Waals surface area contributed by atoms with Crippen LogP contribution >= 0.6 is 0 Å². The van der Waals surface area contributed by atoms with Crippen LogP contribution in [0.25, 0.3) is 0 Å². The van der Waals surface area contributed by atoms with Gasteiger partial charge >= 0.3 is 0 Å². The van der Waals surface area contributed by atoms with E-state index >= 15 is 0 Å². The number of amides is 1. The molecule has 1 aromatic rings. The second kappa shape index (κ2) is 7.44. The van der Waals surface area contributed by atoms with Crippen molar-refractivity contribution in [3.8, 4) is 0 Å². The summed E-state index contributed by atoms with van der Waals surface area (Å²) in [5.74, 6) is 0.422. The van der Waals surface area contributed by atoms with Crippen LogP contribution in [0.3, 0.4) is 0 Å². The van der Waals surface area contributed by atoms with E-state index in [-0.39, 0.29) is 24.5 Å². The number of carbonyl (C=O) groups is 1. The molecule has 1 aliphatic carbocycles. The molecule has 1 aliphatic rings. The summed E-state index contributed by atoms with van der Waals surface area (Å²) in [6.07, 6.45) is 6.22. The number of hydrogen-bond acceptors (Lipinski definition) is 2. The van der Waals surface area contributed by atoms with Crippen LogP contribution < -0.4 is 0 Å². The summed E-state index contributed by atoms with van der Waals surface area (Å²) in [4.78, 5) is 14.5. The summed E-state index contributed by atoms with van der Waals surface area (Å²) in [7, 11) is 1.88. The van der Waals surface area contributed by atoms with Crippen molar-refractivity contribution < 1.29 is 9.90 Å². The van der Waals surface area contributed by atoms with Crippen LogP contribution in [-0.4, -0.2) is 29.6 Å². The summed E-state index contributed by atoms with van der Waals surface area (Å²) in [5, 5.41) is 9.30. The molecule has 0 aliphatic heterocycles. The van der Waals surface area contributed by atoms with Gasteiger partial charge in [0.15, 0.2) is 0 Å². The van der Waals surface area contributed by atoms with Crippen molar-refractivity contribution in [2.75, 3.05) is 13.7 Å². The minimum atomic E-state index is -0.0179. The van der Waals surface area contributed by atoms with Crippen LogP contribution in [0.2, 0.25) is 0 Å². The average molecular weight is 275 g/mol. The summed E-state index contributed by atoms with van der Waals surface area (Å²) < 4.78 is 0. The van der Waals surface area contributed by atoms with E-state index in [1.807, 2.05) is 42.3 Å². The standard InChI is InChI=1S/C17H25NO2/c1-18(17(20)15-10-6-3-7-11-15)16(12-13-19)14-8-4-2-5-9-14/h2,4-5,8-9,15-16,19H,3,6-7,10-13H2,1H3. The van der Waals surface area contributed by atoms with Crippen molar-refractivity contribution in [1.82, 2.24) is 4.90 Å². The predicted molar refractivity (Wildman–Crippen MR) is 80.2 cm³/mol. The van der Waals surface area contributed by atoms with E-state index in [1.54, 1.807) is 0 Å². The highest BCUT2D eigenvalue weighted by atomic mass is 16.3. The molecule has 1 atom stereocenters. The monoisotopic (exact) mass is 275 g/mol. The molecule has 1 N–H and O–H groups in total. The molecule has 1 saturated carbocycles. The minimum absolute atomic E-state index is 0.0179. The van der Waals surface area contributed by atoms with Gasteiger partial charge < -0.3 is 10.0 Å².